The molecule has 0 amide bonds. The van der Waals surface area contributed by atoms with Gasteiger partial charge in [0.2, 0.25) is 0 Å². The summed E-state index contributed by atoms with van der Waals surface area (Å²) >= 11 is 0. The van der Waals surface area contributed by atoms with Gasteiger partial charge in [-0.05, 0) is 45.8 Å². The zero-order valence-corrected chi connectivity index (χ0v) is 24.0. The molecular weight excluding hydrogens is 547 g/mol. The molecule has 0 fully saturated rings. The topological polar surface area (TPSA) is 9.23 Å². The number of hydrogen-bond donors (Lipinski definition) is 0. The zero-order chi connectivity index (χ0) is 27.3. The van der Waals surface area contributed by atoms with Crippen LogP contribution in [0, 0.1) is 5.82 Å². The third-order valence-electron chi connectivity index (χ3n) is 8.37. The van der Waals surface area contributed by atoms with Gasteiger partial charge in [-0.1, -0.05) is 80.6 Å². The summed E-state index contributed by atoms with van der Waals surface area (Å²) in [5.41, 5.74) is 7.30. The number of hydrogen-bond acceptors (Lipinski definition) is 1. The monoisotopic (exact) mass is 576 g/mol. The summed E-state index contributed by atoms with van der Waals surface area (Å²) in [6, 6.07) is 42.1. The van der Waals surface area contributed by atoms with Crippen LogP contribution in [0.5, 0.6) is 5.75 Å². The Labute approximate surface area is 251 Å². The minimum absolute atomic E-state index is 0. The van der Waals surface area contributed by atoms with Gasteiger partial charge in [0.05, 0.1) is 0 Å². The largest absolute Gasteiger partial charge is 2.00 e. The molecule has 3 heteroatoms. The van der Waals surface area contributed by atoms with Crippen molar-refractivity contribution >= 4 is 16.8 Å². The van der Waals surface area contributed by atoms with E-state index in [0.717, 1.165) is 27.8 Å². The number of ether oxygens (including phenoxy) is 1. The molecule has 0 radical (unpaired) electrons. The molecule has 6 aromatic rings. The van der Waals surface area contributed by atoms with Crippen LogP contribution in [0.25, 0.3) is 28.0 Å². The normalized spacial score (nSPS) is 17.3. The number of fused-ring (bicyclic) bond motifs is 8. The molecule has 0 aromatic heterocycles. The SMILES string of the molecule is CC1(C)c2ccccc2-c2c1c1c(c3ccccc23)OC(c2ccc(F)cc2)(c2ccc[cH-]2)C=C1.[Fe+2].c1cc[cH-]c1. The van der Waals surface area contributed by atoms with Gasteiger partial charge in [0.1, 0.15) is 11.6 Å². The summed E-state index contributed by atoms with van der Waals surface area (Å²) in [6.45, 7) is 4.61. The zero-order valence-electron chi connectivity index (χ0n) is 22.9. The number of benzene rings is 4. The minimum atomic E-state index is -0.837. The summed E-state index contributed by atoms with van der Waals surface area (Å²) in [6.07, 6.45) is 4.38. The van der Waals surface area contributed by atoms with Crippen LogP contribution < -0.4 is 4.74 Å². The van der Waals surface area contributed by atoms with Crippen LogP contribution >= 0.6 is 0 Å². The van der Waals surface area contributed by atoms with Crippen molar-refractivity contribution < 1.29 is 26.2 Å². The second kappa shape index (κ2) is 10.3. The van der Waals surface area contributed by atoms with Crippen LogP contribution in [0.15, 0.2) is 133 Å². The van der Waals surface area contributed by atoms with Crippen LogP contribution in [0.3, 0.4) is 0 Å². The van der Waals surface area contributed by atoms with Gasteiger partial charge in [0.15, 0.2) is 5.60 Å². The van der Waals surface area contributed by atoms with Crippen LogP contribution in [-0.2, 0) is 28.1 Å². The van der Waals surface area contributed by atoms with Gasteiger partial charge in [0, 0.05) is 21.9 Å². The Morgan fingerprint density at radius 3 is 2.12 bits per heavy atom. The molecule has 2 aliphatic rings. The van der Waals surface area contributed by atoms with Crippen molar-refractivity contribution in [2.45, 2.75) is 24.9 Å². The van der Waals surface area contributed by atoms with E-state index in [4.69, 9.17) is 4.74 Å². The second-order valence-corrected chi connectivity index (χ2v) is 11.0. The maximum atomic E-state index is 13.9. The second-order valence-electron chi connectivity index (χ2n) is 11.0. The fourth-order valence-corrected chi connectivity index (χ4v) is 6.52. The molecule has 8 rings (SSSR count). The molecule has 6 aromatic carbocycles. The van der Waals surface area contributed by atoms with E-state index in [2.05, 4.69) is 86.7 Å². The summed E-state index contributed by atoms with van der Waals surface area (Å²) in [5, 5.41) is 2.29. The van der Waals surface area contributed by atoms with Crippen molar-refractivity contribution in [3.8, 4) is 16.9 Å². The van der Waals surface area contributed by atoms with E-state index in [0.29, 0.717) is 0 Å². The molecule has 41 heavy (non-hydrogen) atoms. The van der Waals surface area contributed by atoms with E-state index in [1.807, 2.05) is 54.6 Å². The van der Waals surface area contributed by atoms with Gasteiger partial charge in [-0.15, -0.1) is 5.56 Å². The Bertz CT molecular complexity index is 1830. The van der Waals surface area contributed by atoms with Crippen LogP contribution in [0.1, 0.15) is 41.7 Å². The summed E-state index contributed by atoms with van der Waals surface area (Å²) in [5.74, 6) is 0.627. The maximum absolute atomic E-state index is 13.9. The quantitative estimate of drug-likeness (QED) is 0.147. The molecule has 1 unspecified atom stereocenters. The Kier molecular flexibility index (Phi) is 6.82. The molecule has 0 N–H and O–H groups in total. The van der Waals surface area contributed by atoms with Crippen molar-refractivity contribution in [3.63, 3.8) is 0 Å². The molecular formula is C38H29FFeO. The molecule has 1 aliphatic heterocycles. The number of rotatable bonds is 2. The minimum Gasteiger partial charge on any atom is -0.475 e. The first-order chi connectivity index (χ1) is 19.5. The van der Waals surface area contributed by atoms with E-state index in [9.17, 15) is 4.39 Å². The predicted molar refractivity (Wildman–Crippen MR) is 162 cm³/mol. The maximum Gasteiger partial charge on any atom is 2.00 e. The molecule has 1 atom stereocenters. The smallest absolute Gasteiger partial charge is 0.475 e. The molecule has 1 heterocycles. The molecule has 1 nitrogen and oxygen atoms in total. The Morgan fingerprint density at radius 2 is 1.44 bits per heavy atom. The predicted octanol–water partition coefficient (Wildman–Crippen LogP) is 9.76. The van der Waals surface area contributed by atoms with Gasteiger partial charge in [-0.25, -0.2) is 28.7 Å². The average molecular weight is 576 g/mol. The Hall–Kier alpha value is -4.17. The third kappa shape index (κ3) is 4.20. The average Bonchev–Trinajstić information content (AvgIpc) is 3.77. The van der Waals surface area contributed by atoms with Crippen molar-refractivity contribution in [3.05, 3.63) is 167 Å². The van der Waals surface area contributed by atoms with Crippen LogP contribution in [0.4, 0.5) is 4.39 Å². The first-order valence-electron chi connectivity index (χ1n) is 13.7. The van der Waals surface area contributed by atoms with E-state index < -0.39 is 5.60 Å². The van der Waals surface area contributed by atoms with Crippen LogP contribution in [0.2, 0.25) is 0 Å². The molecule has 0 saturated carbocycles. The van der Waals surface area contributed by atoms with Crippen LogP contribution in [-0.4, -0.2) is 0 Å². The first-order valence-corrected chi connectivity index (χ1v) is 13.7. The molecule has 202 valence electrons. The fourth-order valence-electron chi connectivity index (χ4n) is 6.52. The summed E-state index contributed by atoms with van der Waals surface area (Å²) < 4.78 is 21.0. The van der Waals surface area contributed by atoms with Gasteiger partial charge >= 0.3 is 17.1 Å². The number of halogens is 1. The van der Waals surface area contributed by atoms with E-state index >= 15 is 0 Å². The molecule has 1 aliphatic carbocycles. The van der Waals surface area contributed by atoms with Gasteiger partial charge < -0.3 is 4.74 Å². The van der Waals surface area contributed by atoms with Gasteiger partial charge in [-0.3, -0.25) is 0 Å². The standard InChI is InChI=1S/C33H24FO.C5H5.Fe/c1-32(2)28-14-8-7-13-26(28)29-24-11-5-6-12-25(24)31-27(30(29)32)19-20-33(35-31,21-9-3-4-10-21)22-15-17-23(34)18-16-22;1-2-4-5-3-1;/h3-20H,1-2H3;1-5H;/q2*-1;+2. The Balaban J connectivity index is 0.000000458. The van der Waals surface area contributed by atoms with E-state index in [1.165, 1.54) is 39.8 Å². The summed E-state index contributed by atoms with van der Waals surface area (Å²) in [4.78, 5) is 0. The Morgan fingerprint density at radius 1 is 0.732 bits per heavy atom. The van der Waals surface area contributed by atoms with E-state index in [-0.39, 0.29) is 28.3 Å². The van der Waals surface area contributed by atoms with Crippen molar-refractivity contribution in [1.29, 1.82) is 0 Å². The fraction of sp³-hybridized carbons (Fsp3) is 0.105. The van der Waals surface area contributed by atoms with Gasteiger partial charge in [0.25, 0.3) is 0 Å². The van der Waals surface area contributed by atoms with E-state index in [1.54, 1.807) is 0 Å². The van der Waals surface area contributed by atoms with Gasteiger partial charge in [-0.2, -0.15) is 30.3 Å². The van der Waals surface area contributed by atoms with Crippen molar-refractivity contribution in [2.75, 3.05) is 0 Å². The first kappa shape index (κ1) is 27.0. The summed E-state index contributed by atoms with van der Waals surface area (Å²) in [7, 11) is 0. The molecule has 0 spiro atoms. The van der Waals surface area contributed by atoms with Crippen molar-refractivity contribution in [1.82, 2.24) is 0 Å². The molecule has 0 bridgehead atoms. The molecule has 0 saturated heterocycles. The third-order valence-corrected chi connectivity index (χ3v) is 8.37. The van der Waals surface area contributed by atoms with Crippen molar-refractivity contribution in [2.24, 2.45) is 0 Å².